The first-order chi connectivity index (χ1) is 15.1. The lowest BCUT2D eigenvalue weighted by Crippen LogP contribution is -2.20. The average molecular weight is 453 g/mol. The van der Waals surface area contributed by atoms with Crippen LogP contribution in [0.4, 0.5) is 0 Å². The quantitative estimate of drug-likeness (QED) is 0.257. The molecule has 0 saturated heterocycles. The molecule has 0 aliphatic rings. The SMILES string of the molecule is CC(=O)O[C@@H](CCCCCCCCC[C@H](C)OC(C)=O)Cc1cc(O)cc(O)c1C(=O)O. The summed E-state index contributed by atoms with van der Waals surface area (Å²) < 4.78 is 10.4. The molecule has 1 aromatic rings. The summed E-state index contributed by atoms with van der Waals surface area (Å²) in [6.45, 7) is 4.62. The van der Waals surface area contributed by atoms with Crippen LogP contribution in [-0.4, -0.2) is 45.4 Å². The number of unbranched alkanes of at least 4 members (excludes halogenated alkanes) is 6. The Morgan fingerprint density at radius 1 is 0.844 bits per heavy atom. The summed E-state index contributed by atoms with van der Waals surface area (Å²) in [4.78, 5) is 33.8. The van der Waals surface area contributed by atoms with Crippen molar-refractivity contribution in [3.63, 3.8) is 0 Å². The number of phenolic OH excluding ortho intramolecular Hbond substituents is 1. The minimum Gasteiger partial charge on any atom is -0.508 e. The predicted molar refractivity (Wildman–Crippen MR) is 119 cm³/mol. The van der Waals surface area contributed by atoms with E-state index >= 15 is 0 Å². The van der Waals surface area contributed by atoms with Crippen LogP contribution >= 0.6 is 0 Å². The number of phenols is 2. The molecule has 3 N–H and O–H groups in total. The van der Waals surface area contributed by atoms with Crippen LogP contribution in [0, 0.1) is 0 Å². The van der Waals surface area contributed by atoms with Crippen LogP contribution in [0.3, 0.4) is 0 Å². The minimum absolute atomic E-state index is 0.0409. The smallest absolute Gasteiger partial charge is 0.339 e. The number of carbonyl (C=O) groups is 3. The third kappa shape index (κ3) is 11.0. The van der Waals surface area contributed by atoms with E-state index in [0.29, 0.717) is 6.42 Å². The number of esters is 2. The lowest BCUT2D eigenvalue weighted by atomic mass is 9.97. The highest BCUT2D eigenvalue weighted by Gasteiger charge is 2.21. The highest BCUT2D eigenvalue weighted by Crippen LogP contribution is 2.29. The van der Waals surface area contributed by atoms with Gasteiger partial charge in [0.05, 0.1) is 6.10 Å². The van der Waals surface area contributed by atoms with Crippen LogP contribution < -0.4 is 0 Å². The van der Waals surface area contributed by atoms with Crippen molar-refractivity contribution >= 4 is 17.9 Å². The number of hydrogen-bond donors (Lipinski definition) is 3. The zero-order valence-corrected chi connectivity index (χ0v) is 19.3. The second-order valence-electron chi connectivity index (χ2n) is 8.21. The zero-order chi connectivity index (χ0) is 24.1. The highest BCUT2D eigenvalue weighted by molar-refractivity contribution is 5.93. The molecule has 0 amide bonds. The molecule has 0 spiro atoms. The number of benzene rings is 1. The van der Waals surface area contributed by atoms with Crippen molar-refractivity contribution in [3.05, 3.63) is 23.3 Å². The number of ether oxygens (including phenoxy) is 2. The van der Waals surface area contributed by atoms with Crippen LogP contribution in [0.15, 0.2) is 12.1 Å². The maximum atomic E-state index is 11.5. The van der Waals surface area contributed by atoms with Gasteiger partial charge >= 0.3 is 17.9 Å². The molecule has 1 rings (SSSR count). The highest BCUT2D eigenvalue weighted by atomic mass is 16.5. The van der Waals surface area contributed by atoms with Gasteiger partial charge in [-0.2, -0.15) is 0 Å². The Labute approximate surface area is 189 Å². The molecule has 0 aliphatic carbocycles. The average Bonchev–Trinajstić information content (AvgIpc) is 2.64. The first-order valence-corrected chi connectivity index (χ1v) is 11.2. The summed E-state index contributed by atoms with van der Waals surface area (Å²) in [7, 11) is 0. The first kappa shape index (κ1) is 27.3. The number of carboxylic acids is 1. The molecule has 8 nitrogen and oxygen atoms in total. The van der Waals surface area contributed by atoms with E-state index in [4.69, 9.17) is 9.47 Å². The lowest BCUT2D eigenvalue weighted by molar-refractivity contribution is -0.147. The van der Waals surface area contributed by atoms with E-state index in [-0.39, 0.29) is 35.4 Å². The van der Waals surface area contributed by atoms with Gasteiger partial charge in [-0.15, -0.1) is 0 Å². The van der Waals surface area contributed by atoms with E-state index in [0.717, 1.165) is 57.4 Å². The van der Waals surface area contributed by atoms with Crippen LogP contribution in [-0.2, 0) is 25.5 Å². The molecule has 0 heterocycles. The summed E-state index contributed by atoms with van der Waals surface area (Å²) in [6.07, 6.45) is 8.06. The Morgan fingerprint density at radius 3 is 1.91 bits per heavy atom. The van der Waals surface area contributed by atoms with Gasteiger partial charge in [0.1, 0.15) is 23.2 Å². The fraction of sp³-hybridized carbons (Fsp3) is 0.625. The fourth-order valence-corrected chi connectivity index (χ4v) is 3.79. The van der Waals surface area contributed by atoms with Crippen LogP contribution in [0.1, 0.15) is 94.5 Å². The minimum atomic E-state index is -1.30. The molecular formula is C24H36O8. The standard InChI is InChI=1S/C24H36O8/c1-16(31-17(2)25)11-9-7-5-4-6-8-10-12-21(32-18(3)26)14-19-13-20(27)15-22(28)23(19)24(29)30/h13,15-16,21,27-28H,4-12,14H2,1-3H3,(H,29,30)/t16-,21-/m0/s1. The van der Waals surface area contributed by atoms with E-state index in [2.05, 4.69) is 0 Å². The normalized spacial score (nSPS) is 12.7. The molecule has 0 saturated carbocycles. The third-order valence-electron chi connectivity index (χ3n) is 5.18. The van der Waals surface area contributed by atoms with E-state index in [1.54, 1.807) is 0 Å². The summed E-state index contributed by atoms with van der Waals surface area (Å²) >= 11 is 0. The fourth-order valence-electron chi connectivity index (χ4n) is 3.79. The summed E-state index contributed by atoms with van der Waals surface area (Å²) in [5.74, 6) is -2.77. The molecule has 1 aromatic carbocycles. The molecule has 0 aromatic heterocycles. The largest absolute Gasteiger partial charge is 0.508 e. The zero-order valence-electron chi connectivity index (χ0n) is 19.3. The maximum absolute atomic E-state index is 11.5. The molecule has 8 heteroatoms. The topological polar surface area (TPSA) is 130 Å². The van der Waals surface area contributed by atoms with Crippen LogP contribution in [0.2, 0.25) is 0 Å². The van der Waals surface area contributed by atoms with E-state index in [1.807, 2.05) is 6.92 Å². The maximum Gasteiger partial charge on any atom is 0.339 e. The second-order valence-corrected chi connectivity index (χ2v) is 8.21. The van der Waals surface area contributed by atoms with Crippen molar-refractivity contribution in [3.8, 4) is 11.5 Å². The van der Waals surface area contributed by atoms with Crippen LogP contribution in [0.25, 0.3) is 0 Å². The summed E-state index contributed by atoms with van der Waals surface area (Å²) in [6, 6.07) is 2.26. The van der Waals surface area contributed by atoms with E-state index in [1.165, 1.54) is 19.9 Å². The Morgan fingerprint density at radius 2 is 1.38 bits per heavy atom. The van der Waals surface area contributed by atoms with E-state index in [9.17, 15) is 29.7 Å². The Balaban J connectivity index is 2.41. The Bertz CT molecular complexity index is 759. The molecule has 0 unspecified atom stereocenters. The molecule has 2 atom stereocenters. The third-order valence-corrected chi connectivity index (χ3v) is 5.18. The van der Waals surface area contributed by atoms with Gasteiger partial charge in [0.25, 0.3) is 0 Å². The first-order valence-electron chi connectivity index (χ1n) is 11.2. The number of rotatable bonds is 15. The van der Waals surface area contributed by atoms with Gasteiger partial charge in [-0.05, 0) is 44.2 Å². The van der Waals surface area contributed by atoms with Crippen LogP contribution in [0.5, 0.6) is 11.5 Å². The monoisotopic (exact) mass is 452 g/mol. The van der Waals surface area contributed by atoms with E-state index < -0.39 is 23.8 Å². The summed E-state index contributed by atoms with van der Waals surface area (Å²) in [5, 5.41) is 29.0. The van der Waals surface area contributed by atoms with Gasteiger partial charge in [0, 0.05) is 26.3 Å². The van der Waals surface area contributed by atoms with Gasteiger partial charge in [0.2, 0.25) is 0 Å². The number of carbonyl (C=O) groups excluding carboxylic acids is 2. The van der Waals surface area contributed by atoms with Crippen molar-refractivity contribution in [2.75, 3.05) is 0 Å². The summed E-state index contributed by atoms with van der Waals surface area (Å²) in [5.41, 5.74) is -0.0628. The molecule has 0 aliphatic heterocycles. The van der Waals surface area contributed by atoms with Crippen molar-refractivity contribution < 1.29 is 39.2 Å². The Kier molecular flexibility index (Phi) is 12.2. The van der Waals surface area contributed by atoms with Crippen molar-refractivity contribution in [1.29, 1.82) is 0 Å². The molecule has 0 bridgehead atoms. The van der Waals surface area contributed by atoms with Gasteiger partial charge in [0.15, 0.2) is 0 Å². The number of aromatic carboxylic acids is 1. The van der Waals surface area contributed by atoms with Gasteiger partial charge in [-0.3, -0.25) is 9.59 Å². The Hall–Kier alpha value is -2.77. The molecule has 180 valence electrons. The molecule has 0 fully saturated rings. The number of hydrogen-bond acceptors (Lipinski definition) is 7. The molecule has 0 radical (unpaired) electrons. The molecular weight excluding hydrogens is 416 g/mol. The predicted octanol–water partition coefficient (Wildman–Crippen LogP) is 4.73. The second kappa shape index (κ2) is 14.3. The van der Waals surface area contributed by atoms with Gasteiger partial charge in [-0.25, -0.2) is 4.79 Å². The number of aromatic hydroxyl groups is 2. The lowest BCUT2D eigenvalue weighted by Gasteiger charge is -2.19. The van der Waals surface area contributed by atoms with Gasteiger partial charge < -0.3 is 24.8 Å². The van der Waals surface area contributed by atoms with Gasteiger partial charge in [-0.1, -0.05) is 32.1 Å². The molecule has 32 heavy (non-hydrogen) atoms. The van der Waals surface area contributed by atoms with Crippen molar-refractivity contribution in [2.24, 2.45) is 0 Å². The van der Waals surface area contributed by atoms with Crippen molar-refractivity contribution in [2.45, 2.75) is 97.2 Å². The number of carboxylic acid groups (broad SMARTS) is 1. The van der Waals surface area contributed by atoms with Crippen molar-refractivity contribution in [1.82, 2.24) is 0 Å².